The molecule has 2 saturated carbocycles. The highest BCUT2D eigenvalue weighted by Gasteiger charge is 2.68. The van der Waals surface area contributed by atoms with Crippen molar-refractivity contribution in [3.63, 3.8) is 0 Å². The Bertz CT molecular complexity index is 432. The van der Waals surface area contributed by atoms with Crippen molar-refractivity contribution < 1.29 is 38.0 Å². The van der Waals surface area contributed by atoms with Gasteiger partial charge in [-0.1, -0.05) is 25.8 Å². The predicted molar refractivity (Wildman–Crippen MR) is 67.8 cm³/mol. The Morgan fingerprint density at radius 2 is 2.00 bits per heavy atom. The summed E-state index contributed by atoms with van der Waals surface area (Å²) >= 11 is -0.671. The number of rotatable bonds is 5. The van der Waals surface area contributed by atoms with Gasteiger partial charge in [0.1, 0.15) is 18.1 Å². The van der Waals surface area contributed by atoms with Crippen molar-refractivity contribution in [1.29, 1.82) is 0 Å². The average molecular weight is 328 g/mol. The topological polar surface area (TPSA) is 85.2 Å². The van der Waals surface area contributed by atoms with E-state index >= 15 is 0 Å². The summed E-state index contributed by atoms with van der Waals surface area (Å²) in [5.41, 5.74) is -0.791. The number of carbonyl (C=O) groups is 1. The molecule has 0 aromatic carbocycles. The normalized spacial score (nSPS) is 37.8. The smallest absolute Gasteiger partial charge is 0.415 e. The number of hydrogen-bond acceptors (Lipinski definition) is 7. The molecule has 122 valence electrons. The third kappa shape index (κ3) is 2.44. The van der Waals surface area contributed by atoms with Gasteiger partial charge >= 0.3 is 11.2 Å². The molecule has 9 heteroatoms. The third-order valence-electron chi connectivity index (χ3n) is 5.38. The lowest BCUT2D eigenvalue weighted by atomic mass is 9.70. The molecule has 0 radical (unpaired) electrons. The van der Waals surface area contributed by atoms with E-state index in [0.717, 1.165) is 6.42 Å². The molecular weight excluding hydrogens is 310 g/mol. The number of esters is 1. The van der Waals surface area contributed by atoms with E-state index in [2.05, 4.69) is 9.37 Å². The minimum Gasteiger partial charge on any atom is -0.454 e. The van der Waals surface area contributed by atoms with E-state index < -0.39 is 40.9 Å². The zero-order chi connectivity index (χ0) is 16.1. The maximum atomic E-state index is 13.4. The first kappa shape index (κ1) is 16.9. The molecule has 4 atom stereocenters. The molecule has 0 heterocycles. The largest absolute Gasteiger partial charge is 0.454 e. The lowest BCUT2D eigenvalue weighted by Gasteiger charge is -2.36. The maximum absolute atomic E-state index is 13.4. The number of hydrogen-bond donors (Lipinski definition) is 2. The molecule has 0 aromatic heterocycles. The summed E-state index contributed by atoms with van der Waals surface area (Å²) in [6.45, 7) is 5.76. The number of aliphatic hydroxyl groups excluding tert-OH is 1. The summed E-state index contributed by atoms with van der Waals surface area (Å²) in [7, 11) is 0. The van der Waals surface area contributed by atoms with Crippen LogP contribution in [0.1, 0.15) is 33.6 Å². The average Bonchev–Trinajstić information content (AvgIpc) is 2.70. The Hall–Kier alpha value is -0.480. The molecule has 2 aliphatic rings. The number of carbonyl (C=O) groups excluding carboxylic acids is 1. The van der Waals surface area contributed by atoms with Crippen LogP contribution in [-0.4, -0.2) is 33.8 Å². The second-order valence-electron chi connectivity index (χ2n) is 6.34. The molecule has 2 fully saturated rings. The predicted octanol–water partition coefficient (Wildman–Crippen LogP) is 2.38. The standard InChI is InChI=1S/C12H18F2O6S/c1-10(2)6-4-5-11(10,3)8(15)7(6)18-9(16)12(13,14)21-20-19-17/h6-8,15,17H,4-5H2,1-3H3. The van der Waals surface area contributed by atoms with Crippen LogP contribution in [0.2, 0.25) is 0 Å². The Morgan fingerprint density at radius 1 is 1.38 bits per heavy atom. The van der Waals surface area contributed by atoms with Crippen LogP contribution in [0.3, 0.4) is 0 Å². The summed E-state index contributed by atoms with van der Waals surface area (Å²) in [6, 6.07) is 0. The van der Waals surface area contributed by atoms with Crippen LogP contribution in [0.15, 0.2) is 0 Å². The minimum absolute atomic E-state index is 0.183. The van der Waals surface area contributed by atoms with Crippen LogP contribution in [-0.2, 0) is 18.9 Å². The van der Waals surface area contributed by atoms with Crippen LogP contribution in [0.4, 0.5) is 8.78 Å². The van der Waals surface area contributed by atoms with E-state index in [1.165, 1.54) is 0 Å². The number of halogens is 2. The summed E-state index contributed by atoms with van der Waals surface area (Å²) in [5.74, 6) is -2.02. The third-order valence-corrected chi connectivity index (χ3v) is 5.89. The molecule has 2 aliphatic carbocycles. The van der Waals surface area contributed by atoms with Gasteiger partial charge in [-0.3, -0.25) is 0 Å². The molecule has 2 bridgehead atoms. The van der Waals surface area contributed by atoms with Crippen molar-refractivity contribution in [2.24, 2.45) is 16.7 Å². The molecule has 6 nitrogen and oxygen atoms in total. The van der Waals surface area contributed by atoms with Gasteiger partial charge in [0.15, 0.2) is 0 Å². The van der Waals surface area contributed by atoms with Gasteiger partial charge in [0.2, 0.25) is 0 Å². The van der Waals surface area contributed by atoms with Crippen LogP contribution in [0, 0.1) is 16.7 Å². The Morgan fingerprint density at radius 3 is 2.48 bits per heavy atom. The van der Waals surface area contributed by atoms with E-state index in [9.17, 15) is 18.7 Å². The fraction of sp³-hybridized carbons (Fsp3) is 0.917. The fourth-order valence-corrected chi connectivity index (χ4v) is 3.91. The second-order valence-corrected chi connectivity index (χ2v) is 7.16. The van der Waals surface area contributed by atoms with Gasteiger partial charge in [0, 0.05) is 11.3 Å². The van der Waals surface area contributed by atoms with Crippen LogP contribution in [0.25, 0.3) is 0 Å². The molecule has 2 rings (SSSR count). The van der Waals surface area contributed by atoms with Crippen molar-refractivity contribution in [2.45, 2.75) is 51.1 Å². The van der Waals surface area contributed by atoms with Crippen molar-refractivity contribution >= 4 is 18.0 Å². The highest BCUT2D eigenvalue weighted by atomic mass is 32.2. The van der Waals surface area contributed by atoms with Gasteiger partial charge in [-0.2, -0.15) is 8.78 Å². The van der Waals surface area contributed by atoms with Gasteiger partial charge in [-0.25, -0.2) is 10.1 Å². The van der Waals surface area contributed by atoms with E-state index in [1.54, 1.807) is 0 Å². The first-order chi connectivity index (χ1) is 9.58. The lowest BCUT2D eigenvalue weighted by molar-refractivity contribution is -0.433. The van der Waals surface area contributed by atoms with E-state index in [-0.39, 0.29) is 11.3 Å². The fourth-order valence-electron chi connectivity index (χ4n) is 3.68. The SMILES string of the molecule is CC1(C)C2CCC1(C)C(O)C2OC(=O)C(F)(F)SOOO. The zero-order valence-electron chi connectivity index (χ0n) is 11.8. The van der Waals surface area contributed by atoms with Crippen LogP contribution < -0.4 is 0 Å². The van der Waals surface area contributed by atoms with Gasteiger partial charge in [-0.15, -0.1) is 4.33 Å². The van der Waals surface area contributed by atoms with Gasteiger partial charge in [-0.05, 0) is 18.3 Å². The van der Waals surface area contributed by atoms with Crippen molar-refractivity contribution in [3.8, 4) is 0 Å². The lowest BCUT2D eigenvalue weighted by Crippen LogP contribution is -2.43. The highest BCUT2D eigenvalue weighted by Crippen LogP contribution is 2.66. The molecule has 0 amide bonds. The van der Waals surface area contributed by atoms with Crippen LogP contribution in [0.5, 0.6) is 0 Å². The number of ether oxygens (including phenoxy) is 1. The number of aliphatic hydroxyl groups is 1. The summed E-state index contributed by atoms with van der Waals surface area (Å²) in [5, 5.41) is 17.2. The van der Waals surface area contributed by atoms with Crippen molar-refractivity contribution in [2.75, 3.05) is 0 Å². The zero-order valence-corrected chi connectivity index (χ0v) is 12.7. The summed E-state index contributed by atoms with van der Waals surface area (Å²) in [4.78, 5) is 11.5. The molecule has 2 N–H and O–H groups in total. The van der Waals surface area contributed by atoms with Crippen molar-refractivity contribution in [3.05, 3.63) is 0 Å². The minimum atomic E-state index is -4.05. The molecule has 21 heavy (non-hydrogen) atoms. The highest BCUT2D eigenvalue weighted by molar-refractivity contribution is 7.96. The molecule has 0 spiro atoms. The second kappa shape index (κ2) is 5.31. The van der Waals surface area contributed by atoms with Gasteiger partial charge < -0.3 is 9.84 Å². The molecule has 0 aliphatic heterocycles. The van der Waals surface area contributed by atoms with Gasteiger partial charge in [0.05, 0.1) is 6.10 Å². The van der Waals surface area contributed by atoms with E-state index in [0.29, 0.717) is 6.42 Å². The number of fused-ring (bicyclic) bond motifs is 2. The Kier molecular flexibility index (Phi) is 4.27. The molecular formula is C12H18F2O6S. The van der Waals surface area contributed by atoms with E-state index in [4.69, 9.17) is 9.99 Å². The summed E-state index contributed by atoms with van der Waals surface area (Å²) < 4.78 is 35.2. The Balaban J connectivity index is 2.09. The Labute approximate surface area is 124 Å². The van der Waals surface area contributed by atoms with Crippen molar-refractivity contribution in [1.82, 2.24) is 0 Å². The quantitative estimate of drug-likeness (QED) is 0.347. The molecule has 0 aromatic rings. The van der Waals surface area contributed by atoms with Crippen LogP contribution >= 0.6 is 12.0 Å². The van der Waals surface area contributed by atoms with E-state index in [1.807, 2.05) is 20.8 Å². The number of alkyl halides is 2. The maximum Gasteiger partial charge on any atom is 0.415 e. The monoisotopic (exact) mass is 328 g/mol. The molecule has 0 saturated heterocycles. The van der Waals surface area contributed by atoms with Gasteiger partial charge in [0.25, 0.3) is 0 Å². The molecule has 4 unspecified atom stereocenters. The first-order valence-corrected chi connectivity index (χ1v) is 7.25. The first-order valence-electron chi connectivity index (χ1n) is 6.51. The summed E-state index contributed by atoms with van der Waals surface area (Å²) in [6.07, 6.45) is -0.515.